The third-order valence-corrected chi connectivity index (χ3v) is 3.80. The molecule has 6 heteroatoms. The molecule has 5 nitrogen and oxygen atoms in total. The molecule has 0 saturated carbocycles. The van der Waals surface area contributed by atoms with Crippen LogP contribution in [0.3, 0.4) is 0 Å². The van der Waals surface area contributed by atoms with E-state index in [-0.39, 0.29) is 18.4 Å². The van der Waals surface area contributed by atoms with Crippen molar-refractivity contribution in [1.29, 1.82) is 0 Å². The first-order valence-electron chi connectivity index (χ1n) is 7.67. The Hall–Kier alpha value is -2.53. The van der Waals surface area contributed by atoms with Gasteiger partial charge in [0, 0.05) is 28.5 Å². The number of nitrogens with one attached hydrogen (secondary N) is 3. The summed E-state index contributed by atoms with van der Waals surface area (Å²) in [5.74, 6) is -0.291. The zero-order valence-corrected chi connectivity index (χ0v) is 14.4. The minimum absolute atomic E-state index is 0.113. The molecule has 3 N–H and O–H groups in total. The standard InChI is InChI=1S/C18H20ClN3O2/c1-3-20-18(24)13-5-8-14(9-6-13)21-11-17(23)22-15-7-4-12(2)16(19)10-15/h4-10,21H,3,11H2,1-2H3,(H,20,24)(H,22,23). The Kier molecular flexibility index (Phi) is 6.21. The third kappa shape index (κ3) is 4.99. The van der Waals surface area contributed by atoms with Crippen LogP contribution < -0.4 is 16.0 Å². The van der Waals surface area contributed by atoms with E-state index in [0.29, 0.717) is 22.8 Å². The number of halogens is 1. The molecule has 0 spiro atoms. The van der Waals surface area contributed by atoms with Crippen LogP contribution in [0, 0.1) is 6.92 Å². The Balaban J connectivity index is 1.87. The largest absolute Gasteiger partial charge is 0.376 e. The highest BCUT2D eigenvalue weighted by atomic mass is 35.5. The SMILES string of the molecule is CCNC(=O)c1ccc(NCC(=O)Nc2ccc(C)c(Cl)c2)cc1. The first-order valence-corrected chi connectivity index (χ1v) is 8.05. The van der Waals surface area contributed by atoms with Gasteiger partial charge in [0.1, 0.15) is 0 Å². The number of benzene rings is 2. The second kappa shape index (κ2) is 8.36. The molecule has 0 radical (unpaired) electrons. The summed E-state index contributed by atoms with van der Waals surface area (Å²) in [7, 11) is 0. The van der Waals surface area contributed by atoms with Gasteiger partial charge in [-0.1, -0.05) is 17.7 Å². The Bertz CT molecular complexity index is 730. The summed E-state index contributed by atoms with van der Waals surface area (Å²) >= 11 is 6.03. The van der Waals surface area contributed by atoms with Gasteiger partial charge in [-0.3, -0.25) is 9.59 Å². The van der Waals surface area contributed by atoms with Crippen molar-refractivity contribution in [2.75, 3.05) is 23.7 Å². The van der Waals surface area contributed by atoms with Gasteiger partial charge in [0.25, 0.3) is 5.91 Å². The summed E-state index contributed by atoms with van der Waals surface area (Å²) in [6.07, 6.45) is 0. The van der Waals surface area contributed by atoms with Crippen LogP contribution in [-0.4, -0.2) is 24.9 Å². The summed E-state index contributed by atoms with van der Waals surface area (Å²) in [6.45, 7) is 4.47. The van der Waals surface area contributed by atoms with Gasteiger partial charge in [-0.2, -0.15) is 0 Å². The number of hydrogen-bond acceptors (Lipinski definition) is 3. The minimum atomic E-state index is -0.178. The van der Waals surface area contributed by atoms with E-state index in [0.717, 1.165) is 11.3 Å². The number of amides is 2. The molecule has 2 aromatic rings. The lowest BCUT2D eigenvalue weighted by molar-refractivity contribution is -0.114. The van der Waals surface area contributed by atoms with Crippen molar-refractivity contribution in [3.8, 4) is 0 Å². The highest BCUT2D eigenvalue weighted by molar-refractivity contribution is 6.31. The topological polar surface area (TPSA) is 70.2 Å². The zero-order valence-electron chi connectivity index (χ0n) is 13.7. The Labute approximate surface area is 146 Å². The lowest BCUT2D eigenvalue weighted by Crippen LogP contribution is -2.23. The van der Waals surface area contributed by atoms with Gasteiger partial charge >= 0.3 is 0 Å². The minimum Gasteiger partial charge on any atom is -0.376 e. The van der Waals surface area contributed by atoms with E-state index >= 15 is 0 Å². The number of carbonyl (C=O) groups is 2. The summed E-state index contributed by atoms with van der Waals surface area (Å²) in [5, 5.41) is 9.13. The number of anilines is 2. The van der Waals surface area contributed by atoms with E-state index in [1.807, 2.05) is 19.9 Å². The van der Waals surface area contributed by atoms with Crippen molar-refractivity contribution < 1.29 is 9.59 Å². The molecule has 24 heavy (non-hydrogen) atoms. The maximum absolute atomic E-state index is 12.0. The van der Waals surface area contributed by atoms with Gasteiger partial charge in [0.2, 0.25) is 5.91 Å². The van der Waals surface area contributed by atoms with Gasteiger partial charge in [-0.05, 0) is 55.8 Å². The lowest BCUT2D eigenvalue weighted by Gasteiger charge is -2.09. The molecule has 2 rings (SSSR count). The molecule has 0 heterocycles. The van der Waals surface area contributed by atoms with Crippen LogP contribution in [-0.2, 0) is 4.79 Å². The molecule has 2 amide bonds. The van der Waals surface area contributed by atoms with Crippen LogP contribution in [0.5, 0.6) is 0 Å². The van der Waals surface area contributed by atoms with Crippen molar-refractivity contribution in [2.24, 2.45) is 0 Å². The van der Waals surface area contributed by atoms with Gasteiger partial charge in [0.05, 0.1) is 6.54 Å². The summed E-state index contributed by atoms with van der Waals surface area (Å²) in [4.78, 5) is 23.6. The third-order valence-electron chi connectivity index (χ3n) is 3.39. The summed E-state index contributed by atoms with van der Waals surface area (Å²) < 4.78 is 0. The molecule has 0 fully saturated rings. The van der Waals surface area contributed by atoms with Gasteiger partial charge < -0.3 is 16.0 Å². The van der Waals surface area contributed by atoms with Crippen LogP contribution in [0.25, 0.3) is 0 Å². The Morgan fingerprint density at radius 1 is 1.04 bits per heavy atom. The van der Waals surface area contributed by atoms with Gasteiger partial charge in [-0.15, -0.1) is 0 Å². The molecule has 0 aliphatic heterocycles. The average molecular weight is 346 g/mol. The van der Waals surface area contributed by atoms with Gasteiger partial charge in [-0.25, -0.2) is 0 Å². The maximum atomic E-state index is 12.0. The first kappa shape index (κ1) is 17.8. The number of aryl methyl sites for hydroxylation is 1. The van der Waals surface area contributed by atoms with E-state index in [9.17, 15) is 9.59 Å². The molecule has 0 aromatic heterocycles. The van der Waals surface area contributed by atoms with Crippen LogP contribution in [0.1, 0.15) is 22.8 Å². The van der Waals surface area contributed by atoms with Gasteiger partial charge in [0.15, 0.2) is 0 Å². The monoisotopic (exact) mass is 345 g/mol. The van der Waals surface area contributed by atoms with Crippen molar-refractivity contribution in [1.82, 2.24) is 5.32 Å². The number of rotatable bonds is 6. The van der Waals surface area contributed by atoms with E-state index in [1.54, 1.807) is 36.4 Å². The normalized spacial score (nSPS) is 10.1. The van der Waals surface area contributed by atoms with E-state index in [4.69, 9.17) is 11.6 Å². The summed E-state index contributed by atoms with van der Waals surface area (Å²) in [5.41, 5.74) is 2.96. The van der Waals surface area contributed by atoms with Crippen molar-refractivity contribution in [3.05, 3.63) is 58.6 Å². The highest BCUT2D eigenvalue weighted by Gasteiger charge is 2.06. The second-order valence-electron chi connectivity index (χ2n) is 5.30. The maximum Gasteiger partial charge on any atom is 0.251 e. The first-order chi connectivity index (χ1) is 11.5. The molecule has 2 aromatic carbocycles. The predicted octanol–water partition coefficient (Wildman–Crippen LogP) is 3.45. The molecule has 0 aliphatic rings. The molecule has 126 valence electrons. The Morgan fingerprint density at radius 2 is 1.71 bits per heavy atom. The molecular formula is C18H20ClN3O2. The summed E-state index contributed by atoms with van der Waals surface area (Å²) in [6, 6.07) is 12.3. The zero-order chi connectivity index (χ0) is 17.5. The van der Waals surface area contributed by atoms with Crippen LogP contribution in [0.4, 0.5) is 11.4 Å². The number of hydrogen-bond donors (Lipinski definition) is 3. The van der Waals surface area contributed by atoms with Crippen LogP contribution in [0.15, 0.2) is 42.5 Å². The number of carbonyl (C=O) groups excluding carboxylic acids is 2. The van der Waals surface area contributed by atoms with E-state index in [1.165, 1.54) is 0 Å². The molecule has 0 bridgehead atoms. The van der Waals surface area contributed by atoms with Crippen molar-refractivity contribution in [3.63, 3.8) is 0 Å². The van der Waals surface area contributed by atoms with Crippen LogP contribution in [0.2, 0.25) is 5.02 Å². The van der Waals surface area contributed by atoms with Crippen molar-refractivity contribution >= 4 is 34.8 Å². The fraction of sp³-hybridized carbons (Fsp3) is 0.222. The van der Waals surface area contributed by atoms with E-state index < -0.39 is 0 Å². The molecule has 0 atom stereocenters. The quantitative estimate of drug-likeness (QED) is 0.751. The predicted molar refractivity (Wildman–Crippen MR) is 97.8 cm³/mol. The van der Waals surface area contributed by atoms with Crippen LogP contribution >= 0.6 is 11.6 Å². The average Bonchev–Trinajstić information content (AvgIpc) is 2.57. The second-order valence-corrected chi connectivity index (χ2v) is 5.71. The van der Waals surface area contributed by atoms with Crippen molar-refractivity contribution in [2.45, 2.75) is 13.8 Å². The molecular weight excluding hydrogens is 326 g/mol. The fourth-order valence-electron chi connectivity index (χ4n) is 2.06. The highest BCUT2D eigenvalue weighted by Crippen LogP contribution is 2.19. The van der Waals surface area contributed by atoms with E-state index in [2.05, 4.69) is 16.0 Å². The molecule has 0 unspecified atom stereocenters. The lowest BCUT2D eigenvalue weighted by atomic mass is 10.2. The fourth-order valence-corrected chi connectivity index (χ4v) is 2.24. The Morgan fingerprint density at radius 3 is 2.33 bits per heavy atom. The smallest absolute Gasteiger partial charge is 0.251 e. The molecule has 0 aliphatic carbocycles. The molecule has 0 saturated heterocycles.